The average Bonchev–Trinajstić information content (AvgIpc) is 3.21. The zero-order valence-corrected chi connectivity index (χ0v) is 15.0. The Morgan fingerprint density at radius 3 is 2.68 bits per heavy atom. The Bertz CT molecular complexity index is 688. The third kappa shape index (κ3) is 4.50. The predicted molar refractivity (Wildman–Crippen MR) is 93.0 cm³/mol. The van der Waals surface area contributed by atoms with E-state index in [0.717, 1.165) is 12.0 Å². The molecule has 0 saturated carbocycles. The maximum absolute atomic E-state index is 12.5. The number of rotatable bonds is 5. The minimum absolute atomic E-state index is 0.0625. The van der Waals surface area contributed by atoms with Crippen LogP contribution in [-0.4, -0.2) is 58.4 Å². The molecule has 0 aromatic heterocycles. The van der Waals surface area contributed by atoms with Crippen LogP contribution in [0, 0.1) is 5.92 Å². The summed E-state index contributed by atoms with van der Waals surface area (Å²) in [5.41, 5.74) is 1.01. The van der Waals surface area contributed by atoms with Crippen LogP contribution in [0.1, 0.15) is 18.0 Å². The second-order valence-electron chi connectivity index (χ2n) is 6.59. The number of ether oxygens (including phenoxy) is 2. The Labute approximate surface area is 148 Å². The van der Waals surface area contributed by atoms with Gasteiger partial charge in [-0.05, 0) is 12.0 Å². The van der Waals surface area contributed by atoms with Gasteiger partial charge in [0.2, 0.25) is 0 Å². The van der Waals surface area contributed by atoms with E-state index in [1.165, 1.54) is 7.11 Å². The quantitative estimate of drug-likeness (QED) is 0.805. The number of methoxy groups -OCH3 is 1. The van der Waals surface area contributed by atoms with Crippen LogP contribution in [0.25, 0.3) is 0 Å². The standard InChI is InChI=1S/C17H24N2O5S/c1-23-15-11-25(21,22)10-14(15)18-17(20)19-16(13-7-8-24-9-13)12-5-3-2-4-6-12/h2-6,13-16H,7-11H2,1H3,(H2,18,19,20). The molecule has 3 rings (SSSR count). The number of hydrogen-bond acceptors (Lipinski definition) is 5. The summed E-state index contributed by atoms with van der Waals surface area (Å²) in [6.45, 7) is 1.28. The fourth-order valence-corrected chi connectivity index (χ4v) is 5.33. The topological polar surface area (TPSA) is 93.7 Å². The first-order chi connectivity index (χ1) is 12.0. The lowest BCUT2D eigenvalue weighted by molar-refractivity contribution is 0.101. The van der Waals surface area contributed by atoms with E-state index >= 15 is 0 Å². The molecule has 2 N–H and O–H groups in total. The summed E-state index contributed by atoms with van der Waals surface area (Å²) < 4.78 is 34.2. The maximum atomic E-state index is 12.5. The van der Waals surface area contributed by atoms with Gasteiger partial charge in [-0.15, -0.1) is 0 Å². The Hall–Kier alpha value is -1.64. The van der Waals surface area contributed by atoms with Gasteiger partial charge in [0, 0.05) is 19.6 Å². The number of sulfone groups is 1. The van der Waals surface area contributed by atoms with Gasteiger partial charge in [0.25, 0.3) is 0 Å². The molecule has 4 unspecified atom stereocenters. The van der Waals surface area contributed by atoms with Gasteiger partial charge < -0.3 is 20.1 Å². The SMILES string of the molecule is COC1CS(=O)(=O)CC1NC(=O)NC(c1ccccc1)C1CCOC1. The summed E-state index contributed by atoms with van der Waals surface area (Å²) >= 11 is 0. The molecule has 25 heavy (non-hydrogen) atoms. The highest BCUT2D eigenvalue weighted by molar-refractivity contribution is 7.91. The minimum atomic E-state index is -3.19. The molecule has 2 saturated heterocycles. The van der Waals surface area contributed by atoms with E-state index in [-0.39, 0.29) is 29.5 Å². The highest BCUT2D eigenvalue weighted by atomic mass is 32.2. The van der Waals surface area contributed by atoms with Crippen molar-refractivity contribution < 1.29 is 22.7 Å². The van der Waals surface area contributed by atoms with Crippen LogP contribution in [0.4, 0.5) is 4.79 Å². The van der Waals surface area contributed by atoms with E-state index in [1.807, 2.05) is 30.3 Å². The van der Waals surface area contributed by atoms with Gasteiger partial charge in [-0.2, -0.15) is 0 Å². The highest BCUT2D eigenvalue weighted by Crippen LogP contribution is 2.28. The minimum Gasteiger partial charge on any atom is -0.381 e. The number of amides is 2. The maximum Gasteiger partial charge on any atom is 0.315 e. The van der Waals surface area contributed by atoms with Crippen molar-refractivity contribution in [2.75, 3.05) is 31.8 Å². The number of benzene rings is 1. The smallest absolute Gasteiger partial charge is 0.315 e. The molecular formula is C17H24N2O5S. The molecule has 1 aromatic carbocycles. The Kier molecular flexibility index (Phi) is 5.61. The molecule has 2 aliphatic rings. The van der Waals surface area contributed by atoms with Gasteiger partial charge in [-0.25, -0.2) is 13.2 Å². The summed E-state index contributed by atoms with van der Waals surface area (Å²) in [5, 5.41) is 5.76. The molecule has 0 aliphatic carbocycles. The molecule has 138 valence electrons. The van der Waals surface area contributed by atoms with Crippen LogP contribution in [0.3, 0.4) is 0 Å². The summed E-state index contributed by atoms with van der Waals surface area (Å²) in [5.74, 6) is 0.0350. The van der Waals surface area contributed by atoms with Crippen LogP contribution in [0.5, 0.6) is 0 Å². The van der Waals surface area contributed by atoms with E-state index < -0.39 is 22.0 Å². The first kappa shape index (κ1) is 18.2. The largest absolute Gasteiger partial charge is 0.381 e. The molecule has 0 spiro atoms. The van der Waals surface area contributed by atoms with Crippen molar-refractivity contribution in [3.05, 3.63) is 35.9 Å². The van der Waals surface area contributed by atoms with Crippen molar-refractivity contribution in [2.24, 2.45) is 5.92 Å². The zero-order chi connectivity index (χ0) is 17.9. The van der Waals surface area contributed by atoms with E-state index in [2.05, 4.69) is 10.6 Å². The lowest BCUT2D eigenvalue weighted by atomic mass is 9.92. The number of nitrogens with one attached hydrogen (secondary N) is 2. The fraction of sp³-hybridized carbons (Fsp3) is 0.588. The molecule has 0 radical (unpaired) electrons. The zero-order valence-electron chi connectivity index (χ0n) is 14.2. The highest BCUT2D eigenvalue weighted by Gasteiger charge is 2.39. The van der Waals surface area contributed by atoms with Gasteiger partial charge in [0.05, 0.1) is 36.3 Å². The monoisotopic (exact) mass is 368 g/mol. The number of urea groups is 1. The molecule has 2 fully saturated rings. The fourth-order valence-electron chi connectivity index (χ4n) is 3.48. The van der Waals surface area contributed by atoms with Crippen LogP contribution in [0.2, 0.25) is 0 Å². The van der Waals surface area contributed by atoms with E-state index in [4.69, 9.17) is 9.47 Å². The van der Waals surface area contributed by atoms with Crippen LogP contribution >= 0.6 is 0 Å². The normalized spacial score (nSPS) is 29.2. The molecule has 7 nitrogen and oxygen atoms in total. The van der Waals surface area contributed by atoms with Crippen molar-refractivity contribution in [3.63, 3.8) is 0 Å². The lowest BCUT2D eigenvalue weighted by Crippen LogP contribution is -2.49. The van der Waals surface area contributed by atoms with Gasteiger partial charge in [0.1, 0.15) is 0 Å². The molecule has 2 aliphatic heterocycles. The summed E-state index contributed by atoms with van der Waals surface area (Å²) in [7, 11) is -1.73. The van der Waals surface area contributed by atoms with Gasteiger partial charge in [-0.1, -0.05) is 30.3 Å². The van der Waals surface area contributed by atoms with Gasteiger partial charge >= 0.3 is 6.03 Å². The van der Waals surface area contributed by atoms with Crippen LogP contribution < -0.4 is 10.6 Å². The third-order valence-electron chi connectivity index (χ3n) is 4.80. The van der Waals surface area contributed by atoms with Crippen LogP contribution in [0.15, 0.2) is 30.3 Å². The van der Waals surface area contributed by atoms with Crippen molar-refractivity contribution in [1.82, 2.24) is 10.6 Å². The second-order valence-corrected chi connectivity index (χ2v) is 8.74. The molecule has 8 heteroatoms. The molecule has 0 bridgehead atoms. The second kappa shape index (κ2) is 7.72. The van der Waals surface area contributed by atoms with E-state index in [1.54, 1.807) is 0 Å². The molecule has 1 aromatic rings. The third-order valence-corrected chi connectivity index (χ3v) is 6.50. The lowest BCUT2D eigenvalue weighted by Gasteiger charge is -2.26. The number of hydrogen-bond donors (Lipinski definition) is 2. The molecule has 4 atom stereocenters. The molecular weight excluding hydrogens is 344 g/mol. The first-order valence-corrected chi connectivity index (χ1v) is 10.2. The van der Waals surface area contributed by atoms with E-state index in [9.17, 15) is 13.2 Å². The van der Waals surface area contributed by atoms with E-state index in [0.29, 0.717) is 13.2 Å². The predicted octanol–water partition coefficient (Wildman–Crippen LogP) is 0.875. The van der Waals surface area contributed by atoms with Crippen molar-refractivity contribution in [2.45, 2.75) is 24.6 Å². The van der Waals surface area contributed by atoms with Gasteiger partial charge in [-0.3, -0.25) is 0 Å². The summed E-state index contributed by atoms with van der Waals surface area (Å²) in [6, 6.07) is 8.64. The van der Waals surface area contributed by atoms with Crippen molar-refractivity contribution >= 4 is 15.9 Å². The first-order valence-electron chi connectivity index (χ1n) is 8.41. The summed E-state index contributed by atoms with van der Waals surface area (Å²) in [4.78, 5) is 12.5. The Morgan fingerprint density at radius 1 is 1.28 bits per heavy atom. The Balaban J connectivity index is 1.68. The van der Waals surface area contributed by atoms with Crippen molar-refractivity contribution in [3.8, 4) is 0 Å². The average molecular weight is 368 g/mol. The Morgan fingerprint density at radius 2 is 2.04 bits per heavy atom. The number of carbonyl (C=O) groups excluding carboxylic acids is 1. The van der Waals surface area contributed by atoms with Crippen molar-refractivity contribution in [1.29, 1.82) is 0 Å². The molecule has 2 heterocycles. The van der Waals surface area contributed by atoms with Crippen LogP contribution in [-0.2, 0) is 19.3 Å². The summed E-state index contributed by atoms with van der Waals surface area (Å²) in [6.07, 6.45) is 0.360. The van der Waals surface area contributed by atoms with Gasteiger partial charge in [0.15, 0.2) is 9.84 Å². The molecule has 2 amide bonds. The number of carbonyl (C=O) groups is 1.